The molecule has 0 aliphatic heterocycles. The Kier molecular flexibility index (Phi) is 9.12. The Morgan fingerprint density at radius 3 is 1.00 bits per heavy atom. The first-order chi connectivity index (χ1) is 40.7. The van der Waals surface area contributed by atoms with Crippen LogP contribution in [0.3, 0.4) is 0 Å². The number of nitrogens with zero attached hydrogens (tertiary/aromatic N) is 2. The van der Waals surface area contributed by atoms with Crippen LogP contribution in [0.5, 0.6) is 0 Å². The van der Waals surface area contributed by atoms with Gasteiger partial charge in [0.2, 0.25) is 0 Å². The second kappa shape index (κ2) is 16.7. The Morgan fingerprint density at radius 2 is 0.573 bits per heavy atom. The molecule has 0 spiro atoms. The van der Waals surface area contributed by atoms with Gasteiger partial charge < -0.3 is 8.80 Å². The Hall–Kier alpha value is -10.1. The van der Waals surface area contributed by atoms with E-state index in [1.807, 2.05) is 22.7 Å². The highest BCUT2D eigenvalue weighted by molar-refractivity contribution is 7.27. The maximum Gasteiger partial charge on any atom is 0.0635 e. The lowest BCUT2D eigenvalue weighted by Crippen LogP contribution is -1.89. The Bertz CT molecular complexity index is 5480. The van der Waals surface area contributed by atoms with Crippen LogP contribution >= 0.6 is 22.7 Å². The minimum atomic E-state index is 1.20. The summed E-state index contributed by atoms with van der Waals surface area (Å²) in [5, 5.41) is 15.7. The minimum Gasteiger partial charge on any atom is -0.308 e. The third-order valence-electron chi connectivity index (χ3n) is 18.0. The van der Waals surface area contributed by atoms with Crippen LogP contribution in [-0.2, 0) is 0 Å². The van der Waals surface area contributed by atoms with E-state index in [-0.39, 0.29) is 0 Å². The summed E-state index contributed by atoms with van der Waals surface area (Å²) in [5.74, 6) is 0. The van der Waals surface area contributed by atoms with Gasteiger partial charge in [0.1, 0.15) is 0 Å². The van der Waals surface area contributed by atoms with Crippen molar-refractivity contribution in [1.29, 1.82) is 0 Å². The number of aromatic nitrogens is 2. The van der Waals surface area contributed by atoms with Crippen molar-refractivity contribution < 1.29 is 0 Å². The van der Waals surface area contributed by atoms with Crippen molar-refractivity contribution >= 4 is 139 Å². The van der Waals surface area contributed by atoms with Crippen LogP contribution in [-0.4, -0.2) is 8.80 Å². The number of fused-ring (bicyclic) bond motifs is 20. The summed E-state index contributed by atoms with van der Waals surface area (Å²) in [6, 6.07) is 100. The van der Waals surface area contributed by atoms with E-state index >= 15 is 0 Å². The molecule has 0 aliphatic rings. The van der Waals surface area contributed by atoms with Gasteiger partial charge in [0.25, 0.3) is 0 Å². The lowest BCUT2D eigenvalue weighted by molar-refractivity contribution is 1.36. The van der Waals surface area contributed by atoms with Gasteiger partial charge >= 0.3 is 0 Å². The molecule has 0 fully saturated rings. The quantitative estimate of drug-likeness (QED) is 0.157. The third-order valence-corrected chi connectivity index (χ3v) is 20.4. The summed E-state index contributed by atoms with van der Waals surface area (Å²) >= 11 is 3.86. The molecule has 6 heterocycles. The highest BCUT2D eigenvalue weighted by Gasteiger charge is 2.28. The monoisotopic (exact) mass is 1070 g/mol. The smallest absolute Gasteiger partial charge is 0.0635 e. The Morgan fingerprint density at radius 1 is 0.207 bits per heavy atom. The molecule has 0 radical (unpaired) electrons. The molecule has 19 aromatic rings. The summed E-state index contributed by atoms with van der Waals surface area (Å²) in [7, 11) is 0. The zero-order valence-corrected chi connectivity index (χ0v) is 45.7. The summed E-state index contributed by atoms with van der Waals surface area (Å²) < 4.78 is 10.6. The molecule has 378 valence electrons. The van der Waals surface area contributed by atoms with E-state index < -0.39 is 0 Å². The Balaban J connectivity index is 0.925. The summed E-state index contributed by atoms with van der Waals surface area (Å²) in [6.45, 7) is 0. The maximum absolute atomic E-state index is 2.63. The van der Waals surface area contributed by atoms with Gasteiger partial charge in [-0.25, -0.2) is 0 Å². The summed E-state index contributed by atoms with van der Waals surface area (Å²) in [4.78, 5) is 0. The minimum absolute atomic E-state index is 1.20. The first kappa shape index (κ1) is 44.7. The number of thiophene rings is 2. The van der Waals surface area contributed by atoms with Gasteiger partial charge in [-0.15, -0.1) is 22.7 Å². The molecule has 0 saturated carbocycles. The average molecular weight is 1070 g/mol. The molecule has 0 atom stereocenters. The molecule has 0 N–H and O–H groups in total. The fourth-order valence-corrected chi connectivity index (χ4v) is 16.8. The molecule has 6 aromatic heterocycles. The zero-order valence-electron chi connectivity index (χ0n) is 44.1. The zero-order chi connectivity index (χ0) is 53.3. The van der Waals surface area contributed by atoms with Crippen LogP contribution in [0.25, 0.3) is 183 Å². The van der Waals surface area contributed by atoms with E-state index in [4.69, 9.17) is 0 Å². The standard InChI is InChI=1S/C78H44N2S2/c1-5-17-45(18-6-1)49-29-33-53(59(37-49)47-21-9-3-10-22-47)51-31-35-57-67(39-51)79-69-43-62-64-42-66-56-26-14-16-28-72(56)82-78(66)74-58-36-32-52(54-34-30-50(46-19-7-2-8-20-46)38-60(54)48-23-11-4-12-24-48)40-68(58)80(76(64)74)70(62)44-61(69)63-41-65-55-25-13-15-27-71(55)81-77(65)73(57)75(63)79/h1-44H. The van der Waals surface area contributed by atoms with Crippen LogP contribution in [0.4, 0.5) is 0 Å². The van der Waals surface area contributed by atoms with Gasteiger partial charge in [-0.3, -0.25) is 0 Å². The molecule has 0 unspecified atom stereocenters. The van der Waals surface area contributed by atoms with Gasteiger partial charge in [-0.2, -0.15) is 0 Å². The van der Waals surface area contributed by atoms with Crippen molar-refractivity contribution in [3.05, 3.63) is 267 Å². The van der Waals surface area contributed by atoms with E-state index in [0.717, 1.165) is 0 Å². The van der Waals surface area contributed by atoms with E-state index in [9.17, 15) is 0 Å². The SMILES string of the molecule is c1ccc(-c2ccc(-c3ccc4c5c6sc7ccccc7c6cc6c7cc8c(cc7n(c4c3)c65)c3cc4c5ccccc5sc4c4c5ccc(-c6ccc(-c7ccccc7)cc6-c6ccccc6)cc5n8c34)c(-c3ccccc3)c2)cc1. The number of rotatable bonds is 6. The third kappa shape index (κ3) is 6.17. The first-order valence-corrected chi connectivity index (χ1v) is 29.9. The molecule has 0 aliphatic carbocycles. The predicted molar refractivity (Wildman–Crippen MR) is 354 cm³/mol. The van der Waals surface area contributed by atoms with Crippen LogP contribution in [0, 0.1) is 0 Å². The van der Waals surface area contributed by atoms with Crippen LogP contribution in [0.15, 0.2) is 267 Å². The highest BCUT2D eigenvalue weighted by Crippen LogP contribution is 2.53. The van der Waals surface area contributed by atoms with Crippen molar-refractivity contribution in [3.8, 4) is 66.8 Å². The molecule has 0 amide bonds. The highest BCUT2D eigenvalue weighted by atomic mass is 32.1. The van der Waals surface area contributed by atoms with Crippen molar-refractivity contribution in [2.75, 3.05) is 0 Å². The van der Waals surface area contributed by atoms with E-state index in [2.05, 4.69) is 276 Å². The van der Waals surface area contributed by atoms with Gasteiger partial charge in [-0.05, 0) is 127 Å². The van der Waals surface area contributed by atoms with Crippen LogP contribution < -0.4 is 0 Å². The first-order valence-electron chi connectivity index (χ1n) is 28.2. The van der Waals surface area contributed by atoms with Crippen molar-refractivity contribution in [1.82, 2.24) is 8.80 Å². The van der Waals surface area contributed by atoms with Gasteiger partial charge in [0.05, 0.1) is 33.1 Å². The van der Waals surface area contributed by atoms with Gasteiger partial charge in [-0.1, -0.05) is 206 Å². The number of benzene rings is 13. The Labute approximate surface area is 478 Å². The van der Waals surface area contributed by atoms with E-state index in [1.165, 1.54) is 183 Å². The van der Waals surface area contributed by atoms with Gasteiger partial charge in [0.15, 0.2) is 0 Å². The average Bonchev–Trinajstić information content (AvgIpc) is 3.86. The summed E-state index contributed by atoms with van der Waals surface area (Å²) in [5.41, 5.74) is 22.1. The normalized spacial score (nSPS) is 12.4. The van der Waals surface area contributed by atoms with Crippen molar-refractivity contribution in [2.45, 2.75) is 0 Å². The fraction of sp³-hybridized carbons (Fsp3) is 0. The van der Waals surface area contributed by atoms with Crippen molar-refractivity contribution in [2.24, 2.45) is 0 Å². The second-order valence-corrected chi connectivity index (χ2v) is 24.4. The van der Waals surface area contributed by atoms with Crippen molar-refractivity contribution in [3.63, 3.8) is 0 Å². The molecular weight excluding hydrogens is 1030 g/mol. The van der Waals surface area contributed by atoms with Gasteiger partial charge in [0, 0.05) is 83.4 Å². The molecule has 2 nitrogen and oxygen atoms in total. The van der Waals surface area contributed by atoms with Crippen LogP contribution in [0.1, 0.15) is 0 Å². The second-order valence-electron chi connectivity index (χ2n) is 22.3. The lowest BCUT2D eigenvalue weighted by Gasteiger charge is -2.14. The molecule has 13 aromatic carbocycles. The predicted octanol–water partition coefficient (Wildman–Crippen LogP) is 22.7. The topological polar surface area (TPSA) is 8.82 Å². The summed E-state index contributed by atoms with van der Waals surface area (Å²) in [6.07, 6.45) is 0. The fourth-order valence-electron chi connectivity index (χ4n) is 14.3. The molecule has 0 bridgehead atoms. The van der Waals surface area contributed by atoms with Crippen LogP contribution in [0.2, 0.25) is 0 Å². The molecule has 0 saturated heterocycles. The maximum atomic E-state index is 2.63. The molecule has 4 heteroatoms. The molecule has 82 heavy (non-hydrogen) atoms. The molecular formula is C78H44N2S2. The number of hydrogen-bond donors (Lipinski definition) is 0. The molecule has 19 rings (SSSR count). The van der Waals surface area contributed by atoms with E-state index in [0.29, 0.717) is 0 Å². The lowest BCUT2D eigenvalue weighted by atomic mass is 9.90. The largest absolute Gasteiger partial charge is 0.308 e. The number of hydrogen-bond acceptors (Lipinski definition) is 2. The van der Waals surface area contributed by atoms with E-state index in [1.54, 1.807) is 0 Å².